The molecule has 0 radical (unpaired) electrons. The van der Waals surface area contributed by atoms with Gasteiger partial charge in [-0.2, -0.15) is 0 Å². The molecule has 1 aromatic carbocycles. The van der Waals surface area contributed by atoms with Crippen LogP contribution in [0.25, 0.3) is 0 Å². The molecule has 0 fully saturated rings. The van der Waals surface area contributed by atoms with Crippen LogP contribution < -0.4 is 10.5 Å². The number of benzene rings is 1. The van der Waals surface area contributed by atoms with Crippen molar-refractivity contribution in [3.63, 3.8) is 0 Å². The molecular formula is C14H12Cl2N2OS. The number of thiocarbonyl (C=S) groups is 1. The third-order valence-electron chi connectivity index (χ3n) is 2.66. The topological polar surface area (TPSA) is 48.1 Å². The molecule has 0 saturated heterocycles. The first-order valence-electron chi connectivity index (χ1n) is 5.79. The van der Waals surface area contributed by atoms with Gasteiger partial charge < -0.3 is 10.5 Å². The smallest absolute Gasteiger partial charge is 0.141 e. The summed E-state index contributed by atoms with van der Waals surface area (Å²) in [7, 11) is 0. The molecule has 2 N–H and O–H groups in total. The number of nitrogens with two attached hydrogens (primary N) is 1. The van der Waals surface area contributed by atoms with Crippen LogP contribution in [0.2, 0.25) is 10.0 Å². The molecule has 2 rings (SSSR count). The fourth-order valence-corrected chi connectivity index (χ4v) is 2.38. The van der Waals surface area contributed by atoms with Crippen LogP contribution in [0.4, 0.5) is 0 Å². The van der Waals surface area contributed by atoms with Crippen molar-refractivity contribution in [2.24, 2.45) is 5.73 Å². The van der Waals surface area contributed by atoms with Gasteiger partial charge in [0.2, 0.25) is 0 Å². The zero-order valence-corrected chi connectivity index (χ0v) is 13.2. The third-order valence-corrected chi connectivity index (χ3v) is 3.60. The lowest BCUT2D eigenvalue weighted by atomic mass is 10.1. The first-order chi connectivity index (χ1) is 9.38. The summed E-state index contributed by atoms with van der Waals surface area (Å²) in [4.78, 5) is 4.57. The largest absolute Gasteiger partial charge is 0.456 e. The van der Waals surface area contributed by atoms with Crippen LogP contribution in [0.3, 0.4) is 0 Å². The predicted octanol–water partition coefficient (Wildman–Crippen LogP) is 4.43. The predicted molar refractivity (Wildman–Crippen MR) is 86.1 cm³/mol. The Balaban J connectivity index is 2.47. The maximum absolute atomic E-state index is 5.97. The van der Waals surface area contributed by atoms with E-state index in [2.05, 4.69) is 4.98 Å². The molecule has 0 aliphatic rings. The number of ether oxygens (including phenoxy) is 1. The number of hydrogen-bond acceptors (Lipinski definition) is 3. The van der Waals surface area contributed by atoms with Crippen LogP contribution in [0.15, 0.2) is 24.3 Å². The molecule has 0 spiro atoms. The fraction of sp³-hybridized carbons (Fsp3) is 0.143. The van der Waals surface area contributed by atoms with Crippen molar-refractivity contribution in [1.82, 2.24) is 4.98 Å². The molecule has 0 atom stereocenters. The Kier molecular flexibility index (Phi) is 4.48. The lowest BCUT2D eigenvalue weighted by Crippen LogP contribution is -2.14. The zero-order valence-electron chi connectivity index (χ0n) is 10.9. The minimum Gasteiger partial charge on any atom is -0.456 e. The molecule has 0 bridgehead atoms. The average Bonchev–Trinajstić information content (AvgIpc) is 2.32. The number of aromatic nitrogens is 1. The second kappa shape index (κ2) is 5.95. The Morgan fingerprint density at radius 1 is 1.20 bits per heavy atom. The molecule has 2 aromatic rings. The molecule has 0 aliphatic carbocycles. The molecule has 1 heterocycles. The molecule has 104 valence electrons. The second-order valence-corrected chi connectivity index (χ2v) is 5.52. The van der Waals surface area contributed by atoms with Crippen molar-refractivity contribution >= 4 is 40.4 Å². The van der Waals surface area contributed by atoms with E-state index in [1.165, 1.54) is 0 Å². The van der Waals surface area contributed by atoms with Gasteiger partial charge in [-0.25, -0.2) is 0 Å². The molecule has 0 unspecified atom stereocenters. The fourth-order valence-electron chi connectivity index (χ4n) is 1.84. The number of halogens is 2. The van der Waals surface area contributed by atoms with Gasteiger partial charge in [0.15, 0.2) is 0 Å². The normalized spacial score (nSPS) is 10.4. The van der Waals surface area contributed by atoms with E-state index < -0.39 is 0 Å². The van der Waals surface area contributed by atoms with Crippen LogP contribution in [0.1, 0.15) is 17.0 Å². The highest BCUT2D eigenvalue weighted by Crippen LogP contribution is 2.32. The Morgan fingerprint density at radius 2 is 1.90 bits per heavy atom. The molecular weight excluding hydrogens is 315 g/mol. The third kappa shape index (κ3) is 3.20. The number of aryl methyl sites for hydroxylation is 2. The maximum atomic E-state index is 5.97. The highest BCUT2D eigenvalue weighted by Gasteiger charge is 2.13. The van der Waals surface area contributed by atoms with Crippen molar-refractivity contribution in [2.75, 3.05) is 0 Å². The first-order valence-corrected chi connectivity index (χ1v) is 6.96. The maximum Gasteiger partial charge on any atom is 0.141 e. The number of pyridine rings is 1. The van der Waals surface area contributed by atoms with Gasteiger partial charge in [-0.05, 0) is 26.0 Å². The lowest BCUT2D eigenvalue weighted by Gasteiger charge is -2.13. The van der Waals surface area contributed by atoms with E-state index in [0.29, 0.717) is 27.1 Å². The minimum atomic E-state index is 0.241. The van der Waals surface area contributed by atoms with Crippen molar-refractivity contribution in [2.45, 2.75) is 13.8 Å². The van der Waals surface area contributed by atoms with Crippen molar-refractivity contribution in [3.8, 4) is 11.5 Å². The van der Waals surface area contributed by atoms with E-state index in [1.54, 1.807) is 24.3 Å². The van der Waals surface area contributed by atoms with E-state index in [4.69, 9.17) is 45.9 Å². The van der Waals surface area contributed by atoms with Gasteiger partial charge in [0.1, 0.15) is 16.5 Å². The standard InChI is InChI=1S/C14H12Cl2N2OS/c1-7-5-12(13(14(17)20)8(2)18-7)19-9-3-4-10(15)11(16)6-9/h3-6H,1-2H3,(H2,17,20). The van der Waals surface area contributed by atoms with Gasteiger partial charge in [-0.1, -0.05) is 35.4 Å². The SMILES string of the molecule is Cc1cc(Oc2ccc(Cl)c(Cl)c2)c(C(N)=S)c(C)n1. The quantitative estimate of drug-likeness (QED) is 0.847. The lowest BCUT2D eigenvalue weighted by molar-refractivity contribution is 0.480. The van der Waals surface area contributed by atoms with Gasteiger partial charge in [0.25, 0.3) is 0 Å². The van der Waals surface area contributed by atoms with Crippen LogP contribution >= 0.6 is 35.4 Å². The highest BCUT2D eigenvalue weighted by atomic mass is 35.5. The number of nitrogens with zero attached hydrogens (tertiary/aromatic N) is 1. The van der Waals surface area contributed by atoms with Gasteiger partial charge in [-0.3, -0.25) is 4.98 Å². The van der Waals surface area contributed by atoms with Gasteiger partial charge >= 0.3 is 0 Å². The van der Waals surface area contributed by atoms with Crippen LogP contribution in [-0.2, 0) is 0 Å². The van der Waals surface area contributed by atoms with E-state index in [1.807, 2.05) is 13.8 Å². The zero-order chi connectivity index (χ0) is 14.9. The van der Waals surface area contributed by atoms with Crippen molar-refractivity contribution in [1.29, 1.82) is 0 Å². The van der Waals surface area contributed by atoms with Crippen LogP contribution in [-0.4, -0.2) is 9.97 Å². The Labute approximate surface area is 132 Å². The summed E-state index contributed by atoms with van der Waals surface area (Å²) in [5.41, 5.74) is 7.91. The molecule has 3 nitrogen and oxygen atoms in total. The Hall–Kier alpha value is -1.36. The van der Waals surface area contributed by atoms with E-state index in [9.17, 15) is 0 Å². The summed E-state index contributed by atoms with van der Waals surface area (Å²) in [5, 5.41) is 0.888. The first kappa shape index (κ1) is 15.0. The van der Waals surface area contributed by atoms with Crippen molar-refractivity contribution < 1.29 is 4.74 Å². The number of hydrogen-bond donors (Lipinski definition) is 1. The van der Waals surface area contributed by atoms with E-state index >= 15 is 0 Å². The average molecular weight is 327 g/mol. The summed E-state index contributed by atoms with van der Waals surface area (Å²) in [5.74, 6) is 1.11. The molecule has 6 heteroatoms. The van der Waals surface area contributed by atoms with Gasteiger partial charge in [-0.15, -0.1) is 0 Å². The van der Waals surface area contributed by atoms with Crippen LogP contribution in [0.5, 0.6) is 11.5 Å². The summed E-state index contributed by atoms with van der Waals surface area (Å²) >= 11 is 16.9. The number of rotatable bonds is 3. The van der Waals surface area contributed by atoms with E-state index in [0.717, 1.165) is 11.4 Å². The monoisotopic (exact) mass is 326 g/mol. The molecule has 0 amide bonds. The van der Waals surface area contributed by atoms with Gasteiger partial charge in [0.05, 0.1) is 21.3 Å². The molecule has 20 heavy (non-hydrogen) atoms. The Morgan fingerprint density at radius 3 is 2.50 bits per heavy atom. The summed E-state index contributed by atoms with van der Waals surface area (Å²) in [6, 6.07) is 6.81. The molecule has 0 aliphatic heterocycles. The highest BCUT2D eigenvalue weighted by molar-refractivity contribution is 7.80. The summed E-state index contributed by atoms with van der Waals surface area (Å²) < 4.78 is 5.82. The summed E-state index contributed by atoms with van der Waals surface area (Å²) in [6.45, 7) is 3.71. The molecule has 0 saturated carbocycles. The van der Waals surface area contributed by atoms with Gasteiger partial charge in [0, 0.05) is 17.8 Å². The van der Waals surface area contributed by atoms with Crippen LogP contribution in [0, 0.1) is 13.8 Å². The second-order valence-electron chi connectivity index (χ2n) is 4.26. The Bertz CT molecular complexity index is 689. The minimum absolute atomic E-state index is 0.241. The van der Waals surface area contributed by atoms with E-state index in [-0.39, 0.29) is 4.99 Å². The van der Waals surface area contributed by atoms with Crippen molar-refractivity contribution in [3.05, 3.63) is 51.3 Å². The molecule has 1 aromatic heterocycles. The summed E-state index contributed by atoms with van der Waals surface area (Å²) in [6.07, 6.45) is 0.